The zero-order chi connectivity index (χ0) is 15.8. The highest BCUT2D eigenvalue weighted by molar-refractivity contribution is 7.18. The molecule has 0 aliphatic carbocycles. The first-order chi connectivity index (χ1) is 11.2. The number of aromatic nitrogens is 1. The van der Waals surface area contributed by atoms with Crippen LogP contribution in [-0.2, 0) is 6.42 Å². The summed E-state index contributed by atoms with van der Waals surface area (Å²) in [5.41, 5.74) is 2.32. The molecule has 23 heavy (non-hydrogen) atoms. The topological polar surface area (TPSA) is 33.2 Å². The zero-order valence-electron chi connectivity index (χ0n) is 12.1. The van der Waals surface area contributed by atoms with Crippen LogP contribution in [-0.4, -0.2) is 22.3 Å². The minimum absolute atomic E-state index is 0.0422. The van der Waals surface area contributed by atoms with E-state index < -0.39 is 0 Å². The van der Waals surface area contributed by atoms with Crippen molar-refractivity contribution in [3.63, 3.8) is 0 Å². The molecule has 1 unspecified atom stereocenters. The largest absolute Gasteiger partial charge is 0.326 e. The van der Waals surface area contributed by atoms with Crippen LogP contribution in [0.1, 0.15) is 31.7 Å². The lowest BCUT2D eigenvalue weighted by molar-refractivity contribution is 0.0701. The van der Waals surface area contributed by atoms with Crippen molar-refractivity contribution < 1.29 is 4.79 Å². The molecule has 0 saturated carbocycles. The van der Waals surface area contributed by atoms with Gasteiger partial charge in [0.2, 0.25) is 0 Å². The van der Waals surface area contributed by atoms with Crippen molar-refractivity contribution in [1.82, 2.24) is 9.88 Å². The molecule has 0 fully saturated rings. The maximum absolute atomic E-state index is 13.0. The molecule has 0 spiro atoms. The Morgan fingerprint density at radius 3 is 2.78 bits per heavy atom. The summed E-state index contributed by atoms with van der Waals surface area (Å²) in [5.74, 6) is 0.0422. The number of hydrogen-bond donors (Lipinski definition) is 0. The van der Waals surface area contributed by atoms with Gasteiger partial charge in [-0.05, 0) is 53.3 Å². The lowest BCUT2D eigenvalue weighted by Crippen LogP contribution is -2.39. The molecule has 4 heterocycles. The van der Waals surface area contributed by atoms with Gasteiger partial charge >= 0.3 is 0 Å². The highest BCUT2D eigenvalue weighted by Gasteiger charge is 2.33. The second kappa shape index (κ2) is 6.07. The van der Waals surface area contributed by atoms with Gasteiger partial charge in [-0.2, -0.15) is 0 Å². The van der Waals surface area contributed by atoms with E-state index in [1.54, 1.807) is 29.8 Å². The number of hydrogen-bond acceptors (Lipinski definition) is 4. The summed E-state index contributed by atoms with van der Waals surface area (Å²) in [7, 11) is 0. The van der Waals surface area contributed by atoms with Crippen LogP contribution in [0, 0.1) is 0 Å². The van der Waals surface area contributed by atoms with Crippen LogP contribution in [0.15, 0.2) is 48.1 Å². The molecule has 3 nitrogen and oxygen atoms in total. The predicted octanol–water partition coefficient (Wildman–Crippen LogP) is 4.65. The molecular weight excluding hydrogens is 348 g/mol. The Hall–Kier alpha value is -1.69. The fourth-order valence-corrected chi connectivity index (χ4v) is 4.91. The summed E-state index contributed by atoms with van der Waals surface area (Å²) in [6, 6.07) is 9.63. The predicted molar refractivity (Wildman–Crippen MR) is 94.5 cm³/mol. The summed E-state index contributed by atoms with van der Waals surface area (Å²) < 4.78 is 0.641. The van der Waals surface area contributed by atoms with Gasteiger partial charge in [0, 0.05) is 23.8 Å². The third-order valence-electron chi connectivity index (χ3n) is 4.03. The molecule has 1 atom stereocenters. The Balaban J connectivity index is 1.78. The summed E-state index contributed by atoms with van der Waals surface area (Å²) in [4.78, 5) is 21.1. The molecule has 0 N–H and O–H groups in total. The molecule has 1 aliphatic heterocycles. The Kier molecular flexibility index (Phi) is 3.93. The summed E-state index contributed by atoms with van der Waals surface area (Å²) in [5, 5.41) is 2.11. The molecule has 1 aliphatic rings. The van der Waals surface area contributed by atoms with Crippen molar-refractivity contribution in [2.24, 2.45) is 0 Å². The van der Waals surface area contributed by atoms with Gasteiger partial charge in [0.1, 0.15) is 0 Å². The summed E-state index contributed by atoms with van der Waals surface area (Å²) >= 11 is 9.10. The van der Waals surface area contributed by atoms with Gasteiger partial charge in [-0.25, -0.2) is 0 Å². The van der Waals surface area contributed by atoms with Crippen LogP contribution in [0.3, 0.4) is 0 Å². The molecule has 3 aromatic heterocycles. The average molecular weight is 361 g/mol. The Bertz CT molecular complexity index is 843. The van der Waals surface area contributed by atoms with E-state index in [0.29, 0.717) is 9.21 Å². The number of nitrogens with zero attached hydrogens (tertiary/aromatic N) is 2. The smallest absolute Gasteiger partial charge is 0.264 e. The summed E-state index contributed by atoms with van der Waals surface area (Å²) in [6.45, 7) is 0.717. The van der Waals surface area contributed by atoms with Crippen molar-refractivity contribution in [2.75, 3.05) is 6.54 Å². The van der Waals surface area contributed by atoms with Crippen LogP contribution in [0.25, 0.3) is 0 Å². The number of rotatable bonds is 2. The van der Waals surface area contributed by atoms with Crippen LogP contribution in [0.2, 0.25) is 4.34 Å². The second-order valence-corrected chi connectivity index (χ2v) is 8.05. The number of carbonyl (C=O) groups is 1. The van der Waals surface area contributed by atoms with E-state index in [0.717, 1.165) is 18.5 Å². The molecule has 6 heteroatoms. The Morgan fingerprint density at radius 1 is 1.22 bits per heavy atom. The highest BCUT2D eigenvalue weighted by atomic mass is 35.5. The molecule has 4 rings (SSSR count). The molecule has 0 bridgehead atoms. The van der Waals surface area contributed by atoms with E-state index in [1.165, 1.54) is 21.8 Å². The quantitative estimate of drug-likeness (QED) is 0.666. The van der Waals surface area contributed by atoms with E-state index in [9.17, 15) is 4.79 Å². The lowest BCUT2D eigenvalue weighted by atomic mass is 9.94. The van der Waals surface area contributed by atoms with Crippen molar-refractivity contribution in [3.8, 4) is 0 Å². The number of fused-ring (bicyclic) bond motifs is 1. The van der Waals surface area contributed by atoms with Crippen molar-refractivity contribution in [2.45, 2.75) is 12.5 Å². The molecule has 1 amide bonds. The first-order valence-electron chi connectivity index (χ1n) is 7.26. The monoisotopic (exact) mass is 360 g/mol. The van der Waals surface area contributed by atoms with Gasteiger partial charge in [-0.3, -0.25) is 9.78 Å². The zero-order valence-corrected chi connectivity index (χ0v) is 14.5. The fourth-order valence-electron chi connectivity index (χ4n) is 3.01. The SMILES string of the molecule is O=C(c1ccc(Cl)s1)N1CCc2sccc2C1c1ccncc1. The van der Waals surface area contributed by atoms with Gasteiger partial charge < -0.3 is 4.90 Å². The first kappa shape index (κ1) is 14.9. The minimum Gasteiger partial charge on any atom is -0.326 e. The first-order valence-corrected chi connectivity index (χ1v) is 9.34. The van der Waals surface area contributed by atoms with Crippen molar-refractivity contribution in [1.29, 1.82) is 0 Å². The van der Waals surface area contributed by atoms with E-state index in [1.807, 2.05) is 23.1 Å². The van der Waals surface area contributed by atoms with Gasteiger partial charge in [-0.1, -0.05) is 11.6 Å². The van der Waals surface area contributed by atoms with E-state index in [2.05, 4.69) is 16.4 Å². The molecular formula is C17H13ClN2OS2. The van der Waals surface area contributed by atoms with Crippen molar-refractivity contribution in [3.05, 3.63) is 73.3 Å². The number of amides is 1. The average Bonchev–Trinajstić information content (AvgIpc) is 3.22. The highest BCUT2D eigenvalue weighted by Crippen LogP contribution is 2.39. The van der Waals surface area contributed by atoms with Crippen LogP contribution >= 0.6 is 34.3 Å². The van der Waals surface area contributed by atoms with Gasteiger partial charge in [0.05, 0.1) is 15.3 Å². The normalized spacial score (nSPS) is 17.1. The number of carbonyl (C=O) groups excluding carboxylic acids is 1. The van der Waals surface area contributed by atoms with Crippen LogP contribution in [0.5, 0.6) is 0 Å². The van der Waals surface area contributed by atoms with Gasteiger partial charge in [0.15, 0.2) is 0 Å². The molecule has 116 valence electrons. The number of pyridine rings is 1. The fraction of sp³-hybridized carbons (Fsp3) is 0.176. The summed E-state index contributed by atoms with van der Waals surface area (Å²) in [6.07, 6.45) is 4.46. The van der Waals surface area contributed by atoms with E-state index in [-0.39, 0.29) is 11.9 Å². The maximum atomic E-state index is 13.0. The maximum Gasteiger partial charge on any atom is 0.264 e. The number of halogens is 1. The standard InChI is InChI=1S/C17H13ClN2OS2/c18-15-2-1-14(23-15)17(21)20-9-5-13-12(6-10-22-13)16(20)11-3-7-19-8-4-11/h1-4,6-8,10,16H,5,9H2. The molecule has 0 saturated heterocycles. The van der Waals surface area contributed by atoms with E-state index in [4.69, 9.17) is 11.6 Å². The molecule has 0 aromatic carbocycles. The van der Waals surface area contributed by atoms with E-state index >= 15 is 0 Å². The van der Waals surface area contributed by atoms with Crippen molar-refractivity contribution >= 4 is 40.2 Å². The lowest BCUT2D eigenvalue weighted by Gasteiger charge is -2.36. The Morgan fingerprint density at radius 2 is 2.04 bits per heavy atom. The number of thiophene rings is 2. The minimum atomic E-state index is -0.0543. The van der Waals surface area contributed by atoms with Gasteiger partial charge in [-0.15, -0.1) is 22.7 Å². The van der Waals surface area contributed by atoms with Gasteiger partial charge in [0.25, 0.3) is 5.91 Å². The molecule has 3 aromatic rings. The van der Waals surface area contributed by atoms with Crippen LogP contribution < -0.4 is 0 Å². The second-order valence-electron chi connectivity index (χ2n) is 5.33. The van der Waals surface area contributed by atoms with Crippen LogP contribution in [0.4, 0.5) is 0 Å². The third-order valence-corrected chi connectivity index (χ3v) is 6.25. The molecule has 0 radical (unpaired) electrons. The Labute approximate surface area is 147 Å². The third kappa shape index (κ3) is 2.69.